The number of halogens is 3. The van der Waals surface area contributed by atoms with Gasteiger partial charge in [0, 0.05) is 6.54 Å². The number of likely N-dealkylation sites (tertiary alicyclic amines) is 1. The number of hydrogen-bond donors (Lipinski definition) is 2. The van der Waals surface area contributed by atoms with Crippen molar-refractivity contribution in [3.8, 4) is 0 Å². The number of alkyl halides is 3. The second-order valence-corrected chi connectivity index (χ2v) is 5.70. The molecule has 1 atom stereocenters. The molecular weight excluding hydrogens is 277 g/mol. The lowest BCUT2D eigenvalue weighted by molar-refractivity contribution is -0.164. The maximum Gasteiger partial charge on any atom is 0.411 e. The van der Waals surface area contributed by atoms with Gasteiger partial charge in [0.2, 0.25) is 0 Å². The van der Waals surface area contributed by atoms with E-state index in [1.54, 1.807) is 0 Å². The fraction of sp³-hybridized carbons (Fsp3) is 0.833. The van der Waals surface area contributed by atoms with Crippen molar-refractivity contribution in [2.45, 2.75) is 56.3 Å². The van der Waals surface area contributed by atoms with E-state index in [1.807, 2.05) is 5.32 Å². The number of nitrogens with zero attached hydrogens (tertiary/aromatic N) is 1. The van der Waals surface area contributed by atoms with Crippen molar-refractivity contribution in [2.24, 2.45) is 0 Å². The summed E-state index contributed by atoms with van der Waals surface area (Å²) in [6.07, 6.45) is -3.33. The van der Waals surface area contributed by atoms with Crippen LogP contribution in [-0.4, -0.2) is 45.8 Å². The Bertz CT molecular complexity index is 434. The standard InChI is InChI=1S/C12H17F3N2O3/c1-10(8(18)19)4-2-3-7-17(10)9(20)16-11(5-6-11)12(13,14)15/h2-7H2,1H3,(H,16,20)(H,18,19). The summed E-state index contributed by atoms with van der Waals surface area (Å²) < 4.78 is 38.5. The highest BCUT2D eigenvalue weighted by atomic mass is 19.4. The average molecular weight is 294 g/mol. The Hall–Kier alpha value is -1.47. The van der Waals surface area contributed by atoms with Gasteiger partial charge < -0.3 is 15.3 Å². The molecule has 2 aliphatic rings. The van der Waals surface area contributed by atoms with Crippen LogP contribution in [0, 0.1) is 0 Å². The Morgan fingerprint density at radius 2 is 1.80 bits per heavy atom. The number of piperidine rings is 1. The number of rotatable bonds is 2. The van der Waals surface area contributed by atoms with Gasteiger partial charge in [-0.2, -0.15) is 13.2 Å². The molecule has 8 heteroatoms. The molecule has 0 aromatic rings. The third-order valence-corrected chi connectivity index (χ3v) is 4.24. The molecule has 0 spiro atoms. The Kier molecular flexibility index (Phi) is 3.38. The van der Waals surface area contributed by atoms with E-state index in [9.17, 15) is 27.9 Å². The van der Waals surface area contributed by atoms with Crippen molar-refractivity contribution in [1.82, 2.24) is 10.2 Å². The van der Waals surface area contributed by atoms with Gasteiger partial charge >= 0.3 is 18.2 Å². The van der Waals surface area contributed by atoms with Crippen LogP contribution in [-0.2, 0) is 4.79 Å². The van der Waals surface area contributed by atoms with Crippen LogP contribution >= 0.6 is 0 Å². The second kappa shape index (κ2) is 4.53. The number of carbonyl (C=O) groups is 2. The minimum absolute atomic E-state index is 0.153. The van der Waals surface area contributed by atoms with Gasteiger partial charge in [-0.25, -0.2) is 9.59 Å². The summed E-state index contributed by atoms with van der Waals surface area (Å²) in [6, 6.07) is -0.940. The highest BCUT2D eigenvalue weighted by Crippen LogP contribution is 2.49. The van der Waals surface area contributed by atoms with E-state index >= 15 is 0 Å². The molecule has 2 rings (SSSR count). The van der Waals surface area contributed by atoms with Gasteiger partial charge in [-0.15, -0.1) is 0 Å². The van der Waals surface area contributed by atoms with Crippen molar-refractivity contribution in [3.05, 3.63) is 0 Å². The Morgan fingerprint density at radius 1 is 1.20 bits per heavy atom. The van der Waals surface area contributed by atoms with Crippen LogP contribution < -0.4 is 5.32 Å². The lowest BCUT2D eigenvalue weighted by atomic mass is 9.89. The molecule has 0 aromatic carbocycles. The predicted octanol–water partition coefficient (Wildman–Crippen LogP) is 2.12. The third-order valence-electron chi connectivity index (χ3n) is 4.24. The van der Waals surface area contributed by atoms with Gasteiger partial charge in [0.25, 0.3) is 0 Å². The zero-order chi connectivity index (χ0) is 15.2. The molecule has 114 valence electrons. The maximum atomic E-state index is 12.8. The molecule has 2 N–H and O–H groups in total. The molecule has 0 bridgehead atoms. The highest BCUT2D eigenvalue weighted by Gasteiger charge is 2.65. The first-order valence-corrected chi connectivity index (χ1v) is 6.52. The quantitative estimate of drug-likeness (QED) is 0.819. The summed E-state index contributed by atoms with van der Waals surface area (Å²) >= 11 is 0. The zero-order valence-corrected chi connectivity index (χ0v) is 11.1. The first-order valence-electron chi connectivity index (χ1n) is 6.52. The Labute approximate surface area is 114 Å². The smallest absolute Gasteiger partial charge is 0.411 e. The summed E-state index contributed by atoms with van der Waals surface area (Å²) in [4.78, 5) is 24.4. The Morgan fingerprint density at radius 3 is 2.25 bits per heavy atom. The summed E-state index contributed by atoms with van der Waals surface area (Å²) in [5.74, 6) is -1.19. The molecule has 5 nitrogen and oxygen atoms in total. The van der Waals surface area contributed by atoms with Gasteiger partial charge in [-0.1, -0.05) is 0 Å². The van der Waals surface area contributed by atoms with Gasteiger partial charge in [-0.3, -0.25) is 0 Å². The lowest BCUT2D eigenvalue weighted by Gasteiger charge is -2.42. The van der Waals surface area contributed by atoms with Crippen molar-refractivity contribution >= 4 is 12.0 Å². The number of carboxylic acid groups (broad SMARTS) is 1. The molecule has 1 saturated heterocycles. The van der Waals surface area contributed by atoms with E-state index in [1.165, 1.54) is 6.92 Å². The van der Waals surface area contributed by atoms with Crippen LogP contribution in [0.5, 0.6) is 0 Å². The monoisotopic (exact) mass is 294 g/mol. The van der Waals surface area contributed by atoms with E-state index in [2.05, 4.69) is 0 Å². The number of hydrogen-bond acceptors (Lipinski definition) is 2. The molecule has 1 saturated carbocycles. The van der Waals surface area contributed by atoms with Crippen LogP contribution in [0.4, 0.5) is 18.0 Å². The molecular formula is C12H17F3N2O3. The molecule has 1 heterocycles. The van der Waals surface area contributed by atoms with Crippen molar-refractivity contribution in [1.29, 1.82) is 0 Å². The summed E-state index contributed by atoms with van der Waals surface area (Å²) in [5.41, 5.74) is -3.61. The zero-order valence-electron chi connectivity index (χ0n) is 11.1. The van der Waals surface area contributed by atoms with Crippen LogP contribution in [0.1, 0.15) is 39.0 Å². The normalized spacial score (nSPS) is 28.9. The number of carboxylic acids is 1. The highest BCUT2D eigenvalue weighted by molar-refractivity contribution is 5.86. The van der Waals surface area contributed by atoms with E-state index in [-0.39, 0.29) is 25.8 Å². The first-order chi connectivity index (χ1) is 9.12. The van der Waals surface area contributed by atoms with Gasteiger partial charge in [0.05, 0.1) is 0 Å². The summed E-state index contributed by atoms with van der Waals surface area (Å²) in [7, 11) is 0. The number of urea groups is 1. The van der Waals surface area contributed by atoms with E-state index < -0.39 is 29.3 Å². The molecule has 20 heavy (non-hydrogen) atoms. The Balaban J connectivity index is 2.14. The molecule has 2 fully saturated rings. The molecule has 0 aromatic heterocycles. The second-order valence-electron chi connectivity index (χ2n) is 5.70. The van der Waals surface area contributed by atoms with Crippen LogP contribution in [0.2, 0.25) is 0 Å². The van der Waals surface area contributed by atoms with E-state index in [0.717, 1.165) is 4.90 Å². The van der Waals surface area contributed by atoms with Crippen molar-refractivity contribution in [2.75, 3.05) is 6.54 Å². The van der Waals surface area contributed by atoms with Crippen molar-refractivity contribution < 1.29 is 27.9 Å². The largest absolute Gasteiger partial charge is 0.480 e. The topological polar surface area (TPSA) is 69.6 Å². The van der Waals surface area contributed by atoms with E-state index in [0.29, 0.717) is 12.8 Å². The molecule has 1 aliphatic heterocycles. The SMILES string of the molecule is CC1(C(=O)O)CCCCN1C(=O)NC1(C(F)(F)F)CC1. The van der Waals surface area contributed by atoms with Crippen LogP contribution in [0.15, 0.2) is 0 Å². The fourth-order valence-electron chi connectivity index (χ4n) is 2.55. The summed E-state index contributed by atoms with van der Waals surface area (Å²) in [5, 5.41) is 11.2. The number of amides is 2. The summed E-state index contributed by atoms with van der Waals surface area (Å²) in [6.45, 7) is 1.53. The molecule has 0 radical (unpaired) electrons. The number of nitrogens with one attached hydrogen (secondary N) is 1. The fourth-order valence-corrected chi connectivity index (χ4v) is 2.55. The third kappa shape index (κ3) is 2.31. The van der Waals surface area contributed by atoms with Gasteiger partial charge in [0.15, 0.2) is 0 Å². The maximum absolute atomic E-state index is 12.8. The van der Waals surface area contributed by atoms with Gasteiger partial charge in [0.1, 0.15) is 11.1 Å². The van der Waals surface area contributed by atoms with Gasteiger partial charge in [-0.05, 0) is 39.0 Å². The van der Waals surface area contributed by atoms with Crippen LogP contribution in [0.25, 0.3) is 0 Å². The predicted molar refractivity (Wildman–Crippen MR) is 63.1 cm³/mol. The molecule has 2 amide bonds. The first kappa shape index (κ1) is 14.9. The molecule has 1 aliphatic carbocycles. The number of aliphatic carboxylic acids is 1. The lowest BCUT2D eigenvalue weighted by Crippen LogP contribution is -2.62. The number of carbonyl (C=O) groups excluding carboxylic acids is 1. The van der Waals surface area contributed by atoms with E-state index in [4.69, 9.17) is 0 Å². The minimum Gasteiger partial charge on any atom is -0.480 e. The molecule has 1 unspecified atom stereocenters. The minimum atomic E-state index is -4.50. The average Bonchev–Trinajstić information content (AvgIpc) is 3.09. The van der Waals surface area contributed by atoms with Crippen LogP contribution in [0.3, 0.4) is 0 Å². The van der Waals surface area contributed by atoms with Crippen molar-refractivity contribution in [3.63, 3.8) is 0 Å².